The molecule has 0 fully saturated rings. The summed E-state index contributed by atoms with van der Waals surface area (Å²) in [5, 5.41) is 0. The SMILES string of the molecule is C#CCN1CC=C(/C=C/c2ccccc2OC)CC1. The highest BCUT2D eigenvalue weighted by atomic mass is 16.5. The van der Waals surface area contributed by atoms with Gasteiger partial charge in [-0.1, -0.05) is 42.3 Å². The van der Waals surface area contributed by atoms with Crippen LogP contribution in [0, 0.1) is 12.3 Å². The fourth-order valence-electron chi connectivity index (χ4n) is 2.15. The molecular weight excluding hydrogens is 234 g/mol. The molecule has 0 bridgehead atoms. The van der Waals surface area contributed by atoms with Gasteiger partial charge in [0, 0.05) is 18.7 Å². The fourth-order valence-corrected chi connectivity index (χ4v) is 2.15. The molecule has 0 saturated carbocycles. The van der Waals surface area contributed by atoms with Gasteiger partial charge in [0.1, 0.15) is 5.75 Å². The first-order valence-electron chi connectivity index (χ1n) is 6.49. The number of para-hydroxylation sites is 1. The summed E-state index contributed by atoms with van der Waals surface area (Å²) in [5.41, 5.74) is 2.47. The summed E-state index contributed by atoms with van der Waals surface area (Å²) in [4.78, 5) is 2.26. The van der Waals surface area contributed by atoms with Crippen LogP contribution in [0.4, 0.5) is 0 Å². The lowest BCUT2D eigenvalue weighted by molar-refractivity contribution is 0.332. The monoisotopic (exact) mass is 253 g/mol. The Kier molecular flexibility index (Phi) is 4.83. The number of benzene rings is 1. The molecule has 1 aliphatic rings. The molecule has 0 aliphatic carbocycles. The Morgan fingerprint density at radius 2 is 2.21 bits per heavy atom. The molecule has 19 heavy (non-hydrogen) atoms. The Hall–Kier alpha value is -1.98. The van der Waals surface area contributed by atoms with Crippen LogP contribution in [0.2, 0.25) is 0 Å². The van der Waals surface area contributed by atoms with Gasteiger partial charge in [-0.05, 0) is 18.1 Å². The Labute approximate surface area is 115 Å². The lowest BCUT2D eigenvalue weighted by Gasteiger charge is -2.22. The number of rotatable bonds is 4. The summed E-state index contributed by atoms with van der Waals surface area (Å²) in [5.74, 6) is 3.59. The first kappa shape index (κ1) is 13.5. The summed E-state index contributed by atoms with van der Waals surface area (Å²) in [7, 11) is 1.70. The van der Waals surface area contributed by atoms with Crippen LogP contribution in [0.3, 0.4) is 0 Å². The number of methoxy groups -OCH3 is 1. The van der Waals surface area contributed by atoms with Gasteiger partial charge in [0.15, 0.2) is 0 Å². The quantitative estimate of drug-likeness (QED) is 0.765. The normalized spacial score (nSPS) is 16.1. The van der Waals surface area contributed by atoms with Crippen molar-refractivity contribution >= 4 is 6.08 Å². The maximum Gasteiger partial charge on any atom is 0.126 e. The lowest BCUT2D eigenvalue weighted by Crippen LogP contribution is -2.28. The Balaban J connectivity index is 2.02. The second-order valence-electron chi connectivity index (χ2n) is 4.54. The highest BCUT2D eigenvalue weighted by Gasteiger charge is 2.08. The molecule has 2 heteroatoms. The third-order valence-electron chi connectivity index (χ3n) is 3.26. The van der Waals surface area contributed by atoms with Gasteiger partial charge in [-0.2, -0.15) is 0 Å². The van der Waals surface area contributed by atoms with Crippen LogP contribution >= 0.6 is 0 Å². The van der Waals surface area contributed by atoms with E-state index in [1.54, 1.807) is 7.11 Å². The second kappa shape index (κ2) is 6.82. The van der Waals surface area contributed by atoms with Crippen molar-refractivity contribution in [1.82, 2.24) is 4.90 Å². The van der Waals surface area contributed by atoms with E-state index in [0.29, 0.717) is 0 Å². The number of hydrogen-bond donors (Lipinski definition) is 0. The smallest absolute Gasteiger partial charge is 0.126 e. The predicted molar refractivity (Wildman–Crippen MR) is 80.0 cm³/mol. The molecule has 98 valence electrons. The number of ether oxygens (including phenoxy) is 1. The van der Waals surface area contributed by atoms with Crippen LogP contribution in [-0.2, 0) is 0 Å². The van der Waals surface area contributed by atoms with E-state index in [0.717, 1.165) is 37.4 Å². The van der Waals surface area contributed by atoms with Gasteiger partial charge < -0.3 is 4.74 Å². The average Bonchev–Trinajstić information content (AvgIpc) is 2.47. The van der Waals surface area contributed by atoms with Crippen molar-refractivity contribution in [3.8, 4) is 18.1 Å². The third-order valence-corrected chi connectivity index (χ3v) is 3.26. The Bertz CT molecular complexity index is 522. The standard InChI is InChI=1S/C17H19NO/c1-3-12-18-13-10-15(11-14-18)8-9-16-6-4-5-7-17(16)19-2/h1,4-10H,11-14H2,2H3/b9-8+. The van der Waals surface area contributed by atoms with E-state index >= 15 is 0 Å². The van der Waals surface area contributed by atoms with Gasteiger partial charge in [-0.15, -0.1) is 6.42 Å². The number of nitrogens with zero attached hydrogens (tertiary/aromatic N) is 1. The van der Waals surface area contributed by atoms with Crippen molar-refractivity contribution in [1.29, 1.82) is 0 Å². The van der Waals surface area contributed by atoms with Gasteiger partial charge in [0.05, 0.1) is 13.7 Å². The third kappa shape index (κ3) is 3.74. The lowest BCUT2D eigenvalue weighted by atomic mass is 10.1. The first-order valence-corrected chi connectivity index (χ1v) is 6.49. The zero-order valence-corrected chi connectivity index (χ0v) is 11.3. The summed E-state index contributed by atoms with van der Waals surface area (Å²) in [6.07, 6.45) is 12.9. The summed E-state index contributed by atoms with van der Waals surface area (Å²) in [6, 6.07) is 8.03. The topological polar surface area (TPSA) is 12.5 Å². The largest absolute Gasteiger partial charge is 0.496 e. The molecule has 1 aliphatic heterocycles. The van der Waals surface area contributed by atoms with Crippen molar-refractivity contribution in [2.75, 3.05) is 26.7 Å². The average molecular weight is 253 g/mol. The Morgan fingerprint density at radius 1 is 1.37 bits per heavy atom. The molecule has 0 amide bonds. The van der Waals surface area contributed by atoms with E-state index in [9.17, 15) is 0 Å². The van der Waals surface area contributed by atoms with Crippen LogP contribution in [-0.4, -0.2) is 31.6 Å². The number of allylic oxidation sites excluding steroid dienone is 1. The minimum Gasteiger partial charge on any atom is -0.496 e. The molecule has 2 rings (SSSR count). The van der Waals surface area contributed by atoms with Crippen molar-refractivity contribution in [2.24, 2.45) is 0 Å². The fraction of sp³-hybridized carbons (Fsp3) is 0.294. The van der Waals surface area contributed by atoms with E-state index in [-0.39, 0.29) is 0 Å². The van der Waals surface area contributed by atoms with E-state index in [4.69, 9.17) is 11.2 Å². The minimum absolute atomic E-state index is 0.736. The number of terminal acetylenes is 1. The zero-order valence-electron chi connectivity index (χ0n) is 11.3. The van der Waals surface area contributed by atoms with Crippen LogP contribution in [0.15, 0.2) is 42.0 Å². The van der Waals surface area contributed by atoms with Crippen molar-refractivity contribution in [3.63, 3.8) is 0 Å². The highest BCUT2D eigenvalue weighted by molar-refractivity contribution is 5.59. The van der Waals surface area contributed by atoms with Crippen molar-refractivity contribution in [3.05, 3.63) is 47.6 Å². The van der Waals surface area contributed by atoms with Crippen LogP contribution in [0.5, 0.6) is 5.75 Å². The van der Waals surface area contributed by atoms with Crippen molar-refractivity contribution < 1.29 is 4.74 Å². The molecular formula is C17H19NO. The van der Waals surface area contributed by atoms with E-state index in [1.165, 1.54) is 5.57 Å². The maximum atomic E-state index is 5.33. The predicted octanol–water partition coefficient (Wildman–Crippen LogP) is 2.97. The first-order chi connectivity index (χ1) is 9.33. The van der Waals surface area contributed by atoms with Gasteiger partial charge in [-0.3, -0.25) is 4.90 Å². The molecule has 0 atom stereocenters. The van der Waals surface area contributed by atoms with Gasteiger partial charge in [0.2, 0.25) is 0 Å². The minimum atomic E-state index is 0.736. The van der Waals surface area contributed by atoms with E-state index in [2.05, 4.69) is 35.1 Å². The second-order valence-corrected chi connectivity index (χ2v) is 4.54. The van der Waals surface area contributed by atoms with Crippen molar-refractivity contribution in [2.45, 2.75) is 6.42 Å². The zero-order chi connectivity index (χ0) is 13.5. The molecule has 0 spiro atoms. The van der Waals surface area contributed by atoms with Crippen LogP contribution in [0.25, 0.3) is 6.08 Å². The van der Waals surface area contributed by atoms with Gasteiger partial charge in [0.25, 0.3) is 0 Å². The van der Waals surface area contributed by atoms with Crippen LogP contribution in [0.1, 0.15) is 12.0 Å². The molecule has 2 nitrogen and oxygen atoms in total. The highest BCUT2D eigenvalue weighted by Crippen LogP contribution is 2.20. The molecule has 1 aromatic carbocycles. The summed E-state index contributed by atoms with van der Waals surface area (Å²) in [6.45, 7) is 2.71. The molecule has 1 aromatic rings. The maximum absolute atomic E-state index is 5.33. The molecule has 0 unspecified atom stereocenters. The van der Waals surface area contributed by atoms with Gasteiger partial charge >= 0.3 is 0 Å². The molecule has 0 radical (unpaired) electrons. The van der Waals surface area contributed by atoms with Gasteiger partial charge in [-0.25, -0.2) is 0 Å². The molecule has 0 N–H and O–H groups in total. The van der Waals surface area contributed by atoms with Crippen LogP contribution < -0.4 is 4.74 Å². The van der Waals surface area contributed by atoms with E-state index in [1.807, 2.05) is 18.2 Å². The molecule has 0 aromatic heterocycles. The summed E-state index contributed by atoms with van der Waals surface area (Å²) < 4.78 is 5.33. The van der Waals surface area contributed by atoms with E-state index < -0.39 is 0 Å². The molecule has 1 heterocycles. The summed E-state index contributed by atoms with van der Waals surface area (Å²) >= 11 is 0. The number of hydrogen-bond acceptors (Lipinski definition) is 2. The molecule has 0 saturated heterocycles. The Morgan fingerprint density at radius 3 is 2.89 bits per heavy atom.